The molecule has 5 heteroatoms. The number of carbonyl (C=O) groups excluding carboxylic acids is 1. The summed E-state index contributed by atoms with van der Waals surface area (Å²) in [5, 5.41) is 6.75. The molecule has 0 aliphatic rings. The van der Waals surface area contributed by atoms with E-state index >= 15 is 0 Å². The van der Waals surface area contributed by atoms with Crippen molar-refractivity contribution in [1.29, 1.82) is 0 Å². The number of amides is 1. The maximum absolute atomic E-state index is 12.2. The van der Waals surface area contributed by atoms with Crippen LogP contribution in [0, 0.1) is 0 Å². The van der Waals surface area contributed by atoms with Crippen molar-refractivity contribution in [3.05, 3.63) is 71.9 Å². The Kier molecular flexibility index (Phi) is 6.04. The van der Waals surface area contributed by atoms with Crippen LogP contribution < -0.4 is 10.1 Å². The van der Waals surface area contributed by atoms with Gasteiger partial charge in [0, 0.05) is 18.2 Å². The minimum atomic E-state index is -0.215. The average Bonchev–Trinajstić information content (AvgIpc) is 3.19. The lowest BCUT2D eigenvalue weighted by molar-refractivity contribution is 0.0944. The predicted molar refractivity (Wildman–Crippen MR) is 100 cm³/mol. The van der Waals surface area contributed by atoms with Crippen LogP contribution in [0.5, 0.6) is 5.75 Å². The molecule has 26 heavy (non-hydrogen) atoms. The fourth-order valence-electron chi connectivity index (χ4n) is 2.66. The van der Waals surface area contributed by atoms with E-state index < -0.39 is 0 Å². The summed E-state index contributed by atoms with van der Waals surface area (Å²) in [5.41, 5.74) is 2.46. The lowest BCUT2D eigenvalue weighted by Crippen LogP contribution is -2.24. The molecule has 1 N–H and O–H groups in total. The molecule has 2 aromatic carbocycles. The van der Waals surface area contributed by atoms with Gasteiger partial charge in [-0.1, -0.05) is 35.5 Å². The summed E-state index contributed by atoms with van der Waals surface area (Å²) < 4.78 is 10.4. The number of nitrogens with one attached hydrogen (secondary N) is 1. The Morgan fingerprint density at radius 1 is 1.08 bits per heavy atom. The minimum absolute atomic E-state index is 0.215. The summed E-state index contributed by atoms with van der Waals surface area (Å²) in [7, 11) is 1.62. The minimum Gasteiger partial charge on any atom is -0.497 e. The number of hydrogen-bond donors (Lipinski definition) is 1. The summed E-state index contributed by atoms with van der Waals surface area (Å²) in [6.45, 7) is 0.621. The zero-order valence-electron chi connectivity index (χ0n) is 14.8. The molecule has 0 saturated heterocycles. The van der Waals surface area contributed by atoms with E-state index in [1.165, 1.54) is 5.56 Å². The number of nitrogens with zero attached hydrogens (tertiary/aromatic N) is 1. The van der Waals surface area contributed by atoms with Crippen LogP contribution in [0.4, 0.5) is 0 Å². The van der Waals surface area contributed by atoms with Crippen LogP contribution in [0.25, 0.3) is 11.3 Å². The zero-order valence-corrected chi connectivity index (χ0v) is 14.8. The third-order valence-electron chi connectivity index (χ3n) is 4.14. The summed E-state index contributed by atoms with van der Waals surface area (Å²) >= 11 is 0. The van der Waals surface area contributed by atoms with Crippen LogP contribution in [0.3, 0.4) is 0 Å². The van der Waals surface area contributed by atoms with Gasteiger partial charge in [-0.15, -0.1) is 0 Å². The van der Waals surface area contributed by atoms with E-state index in [-0.39, 0.29) is 5.91 Å². The Bertz CT molecular complexity index is 826. The van der Waals surface area contributed by atoms with Crippen LogP contribution in [0.15, 0.2) is 65.2 Å². The number of methoxy groups -OCH3 is 1. The van der Waals surface area contributed by atoms with Crippen LogP contribution >= 0.6 is 0 Å². The van der Waals surface area contributed by atoms with Crippen LogP contribution in [-0.2, 0) is 6.42 Å². The molecule has 0 saturated carbocycles. The van der Waals surface area contributed by atoms with Crippen molar-refractivity contribution in [2.24, 2.45) is 0 Å². The maximum Gasteiger partial charge on any atom is 0.273 e. The lowest BCUT2D eigenvalue weighted by Gasteiger charge is -2.03. The highest BCUT2D eigenvalue weighted by atomic mass is 16.5. The smallest absolute Gasteiger partial charge is 0.273 e. The van der Waals surface area contributed by atoms with Gasteiger partial charge in [-0.25, -0.2) is 0 Å². The molecule has 1 aromatic heterocycles. The first-order valence-corrected chi connectivity index (χ1v) is 8.69. The van der Waals surface area contributed by atoms with Crippen molar-refractivity contribution in [2.75, 3.05) is 13.7 Å². The SMILES string of the molecule is COc1ccc(-c2cc(C(=O)NCCCCc3ccccc3)no2)cc1. The highest BCUT2D eigenvalue weighted by molar-refractivity contribution is 5.93. The van der Waals surface area contributed by atoms with Gasteiger partial charge >= 0.3 is 0 Å². The quantitative estimate of drug-likeness (QED) is 0.621. The second-order valence-corrected chi connectivity index (χ2v) is 6.00. The van der Waals surface area contributed by atoms with Crippen molar-refractivity contribution < 1.29 is 14.1 Å². The standard InChI is InChI=1S/C21H22N2O3/c1-25-18-12-10-17(11-13-18)20-15-19(23-26-20)21(24)22-14-6-5-9-16-7-3-2-4-8-16/h2-4,7-8,10-13,15H,5-6,9,14H2,1H3,(H,22,24). The summed E-state index contributed by atoms with van der Waals surface area (Å²) in [6, 6.07) is 19.4. The van der Waals surface area contributed by atoms with Crippen molar-refractivity contribution in [1.82, 2.24) is 10.5 Å². The van der Waals surface area contributed by atoms with Gasteiger partial charge in [0.05, 0.1) is 7.11 Å². The zero-order chi connectivity index (χ0) is 18.2. The molecular formula is C21H22N2O3. The molecule has 134 valence electrons. The maximum atomic E-state index is 12.2. The number of hydrogen-bond acceptors (Lipinski definition) is 4. The van der Waals surface area contributed by atoms with Crippen molar-refractivity contribution in [3.8, 4) is 17.1 Å². The molecule has 1 amide bonds. The summed E-state index contributed by atoms with van der Waals surface area (Å²) in [4.78, 5) is 12.2. The van der Waals surface area contributed by atoms with Crippen LogP contribution in [0.2, 0.25) is 0 Å². The highest BCUT2D eigenvalue weighted by Gasteiger charge is 2.13. The van der Waals surface area contributed by atoms with Gasteiger partial charge in [-0.2, -0.15) is 0 Å². The highest BCUT2D eigenvalue weighted by Crippen LogP contribution is 2.23. The molecule has 3 rings (SSSR count). The van der Waals surface area contributed by atoms with E-state index in [2.05, 4.69) is 22.6 Å². The molecule has 0 radical (unpaired) electrons. The normalized spacial score (nSPS) is 10.5. The number of ether oxygens (including phenoxy) is 1. The van der Waals surface area contributed by atoms with E-state index in [1.54, 1.807) is 13.2 Å². The Morgan fingerprint density at radius 3 is 2.58 bits per heavy atom. The number of aromatic nitrogens is 1. The van der Waals surface area contributed by atoms with E-state index in [4.69, 9.17) is 9.26 Å². The topological polar surface area (TPSA) is 64.4 Å². The molecular weight excluding hydrogens is 328 g/mol. The van der Waals surface area contributed by atoms with Gasteiger partial charge in [-0.05, 0) is 49.1 Å². The molecule has 3 aromatic rings. The predicted octanol–water partition coefficient (Wildman–Crippen LogP) is 4.10. The van der Waals surface area contributed by atoms with Crippen LogP contribution in [-0.4, -0.2) is 24.7 Å². The molecule has 0 atom stereocenters. The summed E-state index contributed by atoms with van der Waals surface area (Å²) in [5.74, 6) is 1.11. The number of benzene rings is 2. The Morgan fingerprint density at radius 2 is 1.85 bits per heavy atom. The number of rotatable bonds is 8. The fourth-order valence-corrected chi connectivity index (χ4v) is 2.66. The van der Waals surface area contributed by atoms with Gasteiger partial charge < -0.3 is 14.6 Å². The van der Waals surface area contributed by atoms with E-state index in [1.807, 2.05) is 42.5 Å². The third-order valence-corrected chi connectivity index (χ3v) is 4.14. The van der Waals surface area contributed by atoms with Crippen molar-refractivity contribution in [2.45, 2.75) is 19.3 Å². The lowest BCUT2D eigenvalue weighted by atomic mass is 10.1. The first-order chi connectivity index (χ1) is 12.8. The van der Waals surface area contributed by atoms with Crippen molar-refractivity contribution >= 4 is 5.91 Å². The molecule has 0 bridgehead atoms. The first kappa shape index (κ1) is 17.7. The monoisotopic (exact) mass is 350 g/mol. The molecule has 0 aliphatic carbocycles. The van der Waals surface area contributed by atoms with Gasteiger partial charge in [0.25, 0.3) is 5.91 Å². The average molecular weight is 350 g/mol. The van der Waals surface area contributed by atoms with E-state index in [9.17, 15) is 4.79 Å². The summed E-state index contributed by atoms with van der Waals surface area (Å²) in [6.07, 6.45) is 2.96. The Labute approximate surface area is 153 Å². The second-order valence-electron chi connectivity index (χ2n) is 6.00. The molecule has 1 heterocycles. The van der Waals surface area contributed by atoms with Crippen molar-refractivity contribution in [3.63, 3.8) is 0 Å². The first-order valence-electron chi connectivity index (χ1n) is 8.69. The second kappa shape index (κ2) is 8.85. The number of unbranched alkanes of at least 4 members (excludes halogenated alkanes) is 1. The molecule has 0 unspecified atom stereocenters. The molecule has 0 aliphatic heterocycles. The van der Waals surface area contributed by atoms with Gasteiger partial charge in [0.15, 0.2) is 11.5 Å². The molecule has 5 nitrogen and oxygen atoms in total. The fraction of sp³-hybridized carbons (Fsp3) is 0.238. The Balaban J connectivity index is 1.45. The molecule has 0 spiro atoms. The van der Waals surface area contributed by atoms with Gasteiger partial charge in [0.2, 0.25) is 0 Å². The number of carbonyl (C=O) groups is 1. The van der Waals surface area contributed by atoms with Crippen LogP contribution in [0.1, 0.15) is 28.9 Å². The Hall–Kier alpha value is -3.08. The largest absolute Gasteiger partial charge is 0.497 e. The van der Waals surface area contributed by atoms with E-state index in [0.717, 1.165) is 30.6 Å². The third kappa shape index (κ3) is 4.72. The number of aryl methyl sites for hydroxylation is 1. The van der Waals surface area contributed by atoms with E-state index in [0.29, 0.717) is 18.0 Å². The van der Waals surface area contributed by atoms with Gasteiger partial charge in [-0.3, -0.25) is 4.79 Å². The molecule has 0 fully saturated rings. The van der Waals surface area contributed by atoms with Gasteiger partial charge in [0.1, 0.15) is 5.75 Å².